The Bertz CT molecular complexity index is 776. The van der Waals surface area contributed by atoms with Gasteiger partial charge < -0.3 is 5.32 Å². The molecular weight excluding hydrogens is 326 g/mol. The van der Waals surface area contributed by atoms with E-state index in [9.17, 15) is 0 Å². The Morgan fingerprint density at radius 2 is 1.37 bits per heavy atom. The van der Waals surface area contributed by atoms with Crippen LogP contribution in [-0.4, -0.2) is 0 Å². The van der Waals surface area contributed by atoms with Crippen LogP contribution in [0.4, 0.5) is 11.4 Å². The Morgan fingerprint density at radius 3 is 2.07 bits per heavy atom. The second-order valence-electron chi connectivity index (χ2n) is 9.27. The number of anilines is 2. The van der Waals surface area contributed by atoms with E-state index in [2.05, 4.69) is 83.3 Å². The number of rotatable bonds is 5. The van der Waals surface area contributed by atoms with Gasteiger partial charge in [0.2, 0.25) is 0 Å². The number of hydrogen-bond acceptors (Lipinski definition) is 1. The fourth-order valence-electron chi connectivity index (χ4n) is 4.70. The molecule has 1 fully saturated rings. The van der Waals surface area contributed by atoms with E-state index in [4.69, 9.17) is 0 Å². The van der Waals surface area contributed by atoms with E-state index < -0.39 is 0 Å². The molecule has 4 unspecified atom stereocenters. The van der Waals surface area contributed by atoms with Gasteiger partial charge in [-0.25, -0.2) is 0 Å². The van der Waals surface area contributed by atoms with E-state index in [1.165, 1.54) is 59.3 Å². The molecule has 27 heavy (non-hydrogen) atoms. The van der Waals surface area contributed by atoms with Gasteiger partial charge in [0.25, 0.3) is 0 Å². The maximum atomic E-state index is 3.60. The maximum Gasteiger partial charge on any atom is 0.0387 e. The average Bonchev–Trinajstić information content (AvgIpc) is 2.62. The standard InChI is InChI=1S/C26H37N/c1-17-7-11-25(15-21(17)5)27-26-12-8-18(2)24(16-26)10-9-23-14-20(4)19(3)13-22(23)6/h7-8,11-12,15-16,19-20,22-23,27H,9-10,13-14H2,1-6H3. The normalized spacial score (nSPS) is 25.4. The van der Waals surface area contributed by atoms with Crippen molar-refractivity contribution in [3.63, 3.8) is 0 Å². The molecule has 0 heterocycles. The van der Waals surface area contributed by atoms with E-state index in [0.717, 1.165) is 23.7 Å². The average molecular weight is 364 g/mol. The van der Waals surface area contributed by atoms with Gasteiger partial charge >= 0.3 is 0 Å². The summed E-state index contributed by atoms with van der Waals surface area (Å²) in [5, 5.41) is 3.60. The van der Waals surface area contributed by atoms with Crippen molar-refractivity contribution in [1.29, 1.82) is 0 Å². The molecule has 1 heteroatoms. The zero-order valence-electron chi connectivity index (χ0n) is 18.1. The topological polar surface area (TPSA) is 12.0 Å². The van der Waals surface area contributed by atoms with Crippen molar-refractivity contribution in [1.82, 2.24) is 0 Å². The first-order valence-electron chi connectivity index (χ1n) is 10.8. The summed E-state index contributed by atoms with van der Waals surface area (Å²) in [5.74, 6) is 3.52. The minimum Gasteiger partial charge on any atom is -0.356 e. The first-order valence-corrected chi connectivity index (χ1v) is 10.8. The Kier molecular flexibility index (Phi) is 6.29. The smallest absolute Gasteiger partial charge is 0.0387 e. The first kappa shape index (κ1) is 20.0. The Balaban J connectivity index is 1.67. The van der Waals surface area contributed by atoms with Gasteiger partial charge in [0.1, 0.15) is 0 Å². The zero-order valence-corrected chi connectivity index (χ0v) is 18.1. The molecule has 1 aliphatic carbocycles. The zero-order chi connectivity index (χ0) is 19.6. The molecule has 0 amide bonds. The molecule has 0 saturated heterocycles. The summed E-state index contributed by atoms with van der Waals surface area (Å²) < 4.78 is 0. The molecule has 3 rings (SSSR count). The summed E-state index contributed by atoms with van der Waals surface area (Å²) >= 11 is 0. The molecule has 0 spiro atoms. The minimum absolute atomic E-state index is 0.869. The van der Waals surface area contributed by atoms with Crippen LogP contribution in [0.15, 0.2) is 36.4 Å². The molecule has 1 N–H and O–H groups in total. The Labute approximate surface area is 166 Å². The third-order valence-electron chi connectivity index (χ3n) is 7.12. The summed E-state index contributed by atoms with van der Waals surface area (Å²) in [4.78, 5) is 0. The molecule has 0 aliphatic heterocycles. The second kappa shape index (κ2) is 8.50. The van der Waals surface area contributed by atoms with Crippen molar-refractivity contribution < 1.29 is 0 Å². The van der Waals surface area contributed by atoms with Crippen LogP contribution < -0.4 is 5.32 Å². The van der Waals surface area contributed by atoms with Gasteiger partial charge in [-0.05, 0) is 117 Å². The van der Waals surface area contributed by atoms with Crippen molar-refractivity contribution in [3.05, 3.63) is 58.7 Å². The molecule has 0 aromatic heterocycles. The molecule has 4 atom stereocenters. The monoisotopic (exact) mass is 363 g/mol. The van der Waals surface area contributed by atoms with Crippen molar-refractivity contribution in [2.75, 3.05) is 5.32 Å². The summed E-state index contributed by atoms with van der Waals surface area (Å²) in [6.07, 6.45) is 5.33. The summed E-state index contributed by atoms with van der Waals surface area (Å²) in [6.45, 7) is 13.9. The van der Waals surface area contributed by atoms with Crippen molar-refractivity contribution in [3.8, 4) is 0 Å². The van der Waals surface area contributed by atoms with Crippen LogP contribution in [0.3, 0.4) is 0 Å². The Morgan fingerprint density at radius 1 is 0.741 bits per heavy atom. The highest BCUT2D eigenvalue weighted by Crippen LogP contribution is 2.39. The van der Waals surface area contributed by atoms with E-state index in [0.29, 0.717) is 0 Å². The number of benzene rings is 2. The van der Waals surface area contributed by atoms with E-state index in [-0.39, 0.29) is 0 Å². The van der Waals surface area contributed by atoms with Crippen LogP contribution in [0.1, 0.15) is 62.3 Å². The van der Waals surface area contributed by atoms with E-state index in [1.807, 2.05) is 0 Å². The van der Waals surface area contributed by atoms with Gasteiger partial charge in [-0.15, -0.1) is 0 Å². The Hall–Kier alpha value is -1.76. The molecule has 146 valence electrons. The SMILES string of the molecule is Cc1ccc(Nc2ccc(C)c(CCC3CC(C)C(C)CC3C)c2)cc1C. The van der Waals surface area contributed by atoms with Crippen LogP contribution >= 0.6 is 0 Å². The fraction of sp³-hybridized carbons (Fsp3) is 0.538. The first-order chi connectivity index (χ1) is 12.8. The third kappa shape index (κ3) is 4.94. The third-order valence-corrected chi connectivity index (χ3v) is 7.12. The number of nitrogens with one attached hydrogen (secondary N) is 1. The molecule has 1 saturated carbocycles. The largest absolute Gasteiger partial charge is 0.356 e. The highest BCUT2D eigenvalue weighted by molar-refractivity contribution is 5.62. The molecule has 2 aromatic rings. The van der Waals surface area contributed by atoms with Crippen LogP contribution in [0.25, 0.3) is 0 Å². The van der Waals surface area contributed by atoms with Crippen LogP contribution in [-0.2, 0) is 6.42 Å². The van der Waals surface area contributed by atoms with Crippen molar-refractivity contribution >= 4 is 11.4 Å². The predicted octanol–water partition coefficient (Wildman–Crippen LogP) is 7.61. The van der Waals surface area contributed by atoms with Gasteiger partial charge in [-0.2, -0.15) is 0 Å². The molecule has 1 aliphatic rings. The highest BCUT2D eigenvalue weighted by atomic mass is 14.9. The van der Waals surface area contributed by atoms with Crippen LogP contribution in [0.2, 0.25) is 0 Å². The number of aryl methyl sites for hydroxylation is 4. The van der Waals surface area contributed by atoms with Gasteiger partial charge in [-0.1, -0.05) is 32.9 Å². The quantitative estimate of drug-likeness (QED) is 0.576. The summed E-state index contributed by atoms with van der Waals surface area (Å²) in [7, 11) is 0. The van der Waals surface area contributed by atoms with Gasteiger partial charge in [0.05, 0.1) is 0 Å². The molecular formula is C26H37N. The van der Waals surface area contributed by atoms with Crippen LogP contribution in [0.5, 0.6) is 0 Å². The predicted molar refractivity (Wildman–Crippen MR) is 119 cm³/mol. The maximum absolute atomic E-state index is 3.60. The summed E-state index contributed by atoms with van der Waals surface area (Å²) in [6, 6.07) is 13.5. The van der Waals surface area contributed by atoms with E-state index >= 15 is 0 Å². The molecule has 2 aromatic carbocycles. The van der Waals surface area contributed by atoms with Gasteiger partial charge in [0, 0.05) is 11.4 Å². The van der Waals surface area contributed by atoms with Gasteiger partial charge in [-0.3, -0.25) is 0 Å². The highest BCUT2D eigenvalue weighted by Gasteiger charge is 2.29. The minimum atomic E-state index is 0.869. The molecule has 1 nitrogen and oxygen atoms in total. The van der Waals surface area contributed by atoms with Crippen LogP contribution in [0, 0.1) is 44.4 Å². The lowest BCUT2D eigenvalue weighted by Gasteiger charge is -2.37. The fourth-order valence-corrected chi connectivity index (χ4v) is 4.70. The van der Waals surface area contributed by atoms with Gasteiger partial charge in [0.15, 0.2) is 0 Å². The molecule has 0 radical (unpaired) electrons. The number of hydrogen-bond donors (Lipinski definition) is 1. The van der Waals surface area contributed by atoms with E-state index in [1.54, 1.807) is 0 Å². The lowest BCUT2D eigenvalue weighted by molar-refractivity contribution is 0.137. The lowest BCUT2D eigenvalue weighted by atomic mass is 9.68. The van der Waals surface area contributed by atoms with Crippen molar-refractivity contribution in [2.24, 2.45) is 23.7 Å². The lowest BCUT2D eigenvalue weighted by Crippen LogP contribution is -2.28. The van der Waals surface area contributed by atoms with Crippen molar-refractivity contribution in [2.45, 2.75) is 67.2 Å². The second-order valence-corrected chi connectivity index (χ2v) is 9.27. The summed E-state index contributed by atoms with van der Waals surface area (Å²) in [5.41, 5.74) is 7.99. The molecule has 0 bridgehead atoms.